The van der Waals surface area contributed by atoms with Gasteiger partial charge in [0, 0.05) is 30.8 Å². The fourth-order valence-corrected chi connectivity index (χ4v) is 3.71. The molecule has 1 atom stereocenters. The van der Waals surface area contributed by atoms with Crippen LogP contribution in [0.5, 0.6) is 17.4 Å². The van der Waals surface area contributed by atoms with E-state index in [0.29, 0.717) is 24.7 Å². The Morgan fingerprint density at radius 2 is 2.21 bits per heavy atom. The standard InChI is InChI=1S/C21H25N3O4/c1-21(2)12-15-6-3-8-17(20(15)28-21)26-14-19(25)24-11-5-7-16(13-24)27-18-9-4-10-22-23-18/h3-4,6,8-10,16H,5,7,11-14H2,1-2H3. The summed E-state index contributed by atoms with van der Waals surface area (Å²) >= 11 is 0. The molecule has 0 saturated carbocycles. The van der Waals surface area contributed by atoms with Crippen LogP contribution in [-0.2, 0) is 11.2 Å². The zero-order valence-electron chi connectivity index (χ0n) is 16.3. The van der Waals surface area contributed by atoms with E-state index in [1.54, 1.807) is 23.2 Å². The molecule has 3 heterocycles. The molecule has 0 N–H and O–H groups in total. The number of fused-ring (bicyclic) bond motifs is 1. The van der Waals surface area contributed by atoms with Crippen molar-refractivity contribution in [3.63, 3.8) is 0 Å². The first kappa shape index (κ1) is 18.5. The molecule has 2 aliphatic rings. The molecule has 1 unspecified atom stereocenters. The molecule has 2 aromatic rings. The van der Waals surface area contributed by atoms with Crippen LogP contribution in [0.3, 0.4) is 0 Å². The lowest BCUT2D eigenvalue weighted by Crippen LogP contribution is -2.46. The highest BCUT2D eigenvalue weighted by atomic mass is 16.5. The number of likely N-dealkylation sites (tertiary alicyclic amines) is 1. The predicted octanol–water partition coefficient (Wildman–Crippen LogP) is 2.64. The number of nitrogens with zero attached hydrogens (tertiary/aromatic N) is 3. The Hall–Kier alpha value is -2.83. The number of carbonyl (C=O) groups is 1. The number of amides is 1. The molecule has 7 nitrogen and oxygen atoms in total. The Labute approximate surface area is 164 Å². The fourth-order valence-electron chi connectivity index (χ4n) is 3.71. The quantitative estimate of drug-likeness (QED) is 0.790. The van der Waals surface area contributed by atoms with Gasteiger partial charge >= 0.3 is 0 Å². The Balaban J connectivity index is 1.34. The normalized spacial score (nSPS) is 20.2. The Morgan fingerprint density at radius 1 is 1.32 bits per heavy atom. The van der Waals surface area contributed by atoms with Gasteiger partial charge in [0.05, 0.1) is 6.54 Å². The monoisotopic (exact) mass is 383 g/mol. The molecule has 1 saturated heterocycles. The van der Waals surface area contributed by atoms with E-state index in [4.69, 9.17) is 14.2 Å². The van der Waals surface area contributed by atoms with Crippen LogP contribution in [-0.4, -0.2) is 52.4 Å². The molecule has 1 aromatic carbocycles. The average molecular weight is 383 g/mol. The van der Waals surface area contributed by atoms with Crippen molar-refractivity contribution < 1.29 is 19.0 Å². The van der Waals surface area contributed by atoms with Crippen LogP contribution < -0.4 is 14.2 Å². The van der Waals surface area contributed by atoms with Gasteiger partial charge < -0.3 is 19.1 Å². The fraction of sp³-hybridized carbons (Fsp3) is 0.476. The van der Waals surface area contributed by atoms with E-state index in [9.17, 15) is 4.79 Å². The first-order chi connectivity index (χ1) is 13.5. The lowest BCUT2D eigenvalue weighted by molar-refractivity contribution is -0.136. The first-order valence-electron chi connectivity index (χ1n) is 9.66. The SMILES string of the molecule is CC1(C)Cc2cccc(OCC(=O)N3CCCC(Oc4cccnn4)C3)c2O1. The van der Waals surface area contributed by atoms with Crippen molar-refractivity contribution in [1.82, 2.24) is 15.1 Å². The number of piperidine rings is 1. The number of benzene rings is 1. The zero-order chi connectivity index (χ0) is 19.6. The molecule has 0 spiro atoms. The van der Waals surface area contributed by atoms with Crippen molar-refractivity contribution >= 4 is 5.91 Å². The van der Waals surface area contributed by atoms with E-state index in [2.05, 4.69) is 10.2 Å². The first-order valence-corrected chi connectivity index (χ1v) is 9.66. The van der Waals surface area contributed by atoms with E-state index in [1.165, 1.54) is 0 Å². The lowest BCUT2D eigenvalue weighted by atomic mass is 10.0. The van der Waals surface area contributed by atoms with Crippen LogP contribution in [0.2, 0.25) is 0 Å². The highest BCUT2D eigenvalue weighted by Gasteiger charge is 2.32. The smallest absolute Gasteiger partial charge is 0.260 e. The van der Waals surface area contributed by atoms with E-state index in [-0.39, 0.29) is 24.2 Å². The second kappa shape index (κ2) is 7.66. The number of hydrogen-bond donors (Lipinski definition) is 0. The molecule has 1 amide bonds. The number of hydrogen-bond acceptors (Lipinski definition) is 6. The second-order valence-corrected chi connectivity index (χ2v) is 7.86. The third kappa shape index (κ3) is 4.18. The minimum absolute atomic E-state index is 0.0158. The molecule has 2 aliphatic heterocycles. The number of para-hydroxylation sites is 1. The summed E-state index contributed by atoms with van der Waals surface area (Å²) in [5, 5.41) is 7.77. The molecule has 7 heteroatoms. The van der Waals surface area contributed by atoms with Crippen molar-refractivity contribution in [3.05, 3.63) is 42.1 Å². The third-order valence-electron chi connectivity index (χ3n) is 4.97. The third-order valence-corrected chi connectivity index (χ3v) is 4.97. The van der Waals surface area contributed by atoms with Crippen molar-refractivity contribution in [1.29, 1.82) is 0 Å². The van der Waals surface area contributed by atoms with Crippen molar-refractivity contribution in [2.24, 2.45) is 0 Å². The van der Waals surface area contributed by atoms with Gasteiger partial charge in [0.25, 0.3) is 5.91 Å². The number of aromatic nitrogens is 2. The molecule has 1 fully saturated rings. The van der Waals surface area contributed by atoms with E-state index in [0.717, 1.165) is 30.6 Å². The van der Waals surface area contributed by atoms with Crippen LogP contribution in [0.4, 0.5) is 0 Å². The van der Waals surface area contributed by atoms with Gasteiger partial charge in [-0.1, -0.05) is 12.1 Å². The number of rotatable bonds is 5. The Kier molecular flexibility index (Phi) is 5.07. The molecular weight excluding hydrogens is 358 g/mol. The summed E-state index contributed by atoms with van der Waals surface area (Å²) in [6, 6.07) is 9.38. The lowest BCUT2D eigenvalue weighted by Gasteiger charge is -2.32. The molecule has 4 rings (SSSR count). The van der Waals surface area contributed by atoms with Gasteiger partial charge in [-0.25, -0.2) is 0 Å². The molecular formula is C21H25N3O4. The zero-order valence-corrected chi connectivity index (χ0v) is 16.3. The van der Waals surface area contributed by atoms with E-state index in [1.807, 2.05) is 32.0 Å². The maximum atomic E-state index is 12.7. The van der Waals surface area contributed by atoms with Gasteiger partial charge in [-0.3, -0.25) is 4.79 Å². The molecule has 0 radical (unpaired) electrons. The summed E-state index contributed by atoms with van der Waals surface area (Å²) in [4.78, 5) is 14.5. The van der Waals surface area contributed by atoms with Gasteiger partial charge in [-0.05, 0) is 38.8 Å². The molecule has 0 bridgehead atoms. The highest BCUT2D eigenvalue weighted by molar-refractivity contribution is 5.78. The minimum atomic E-state index is -0.246. The Bertz CT molecular complexity index is 841. The number of carbonyl (C=O) groups excluding carboxylic acids is 1. The highest BCUT2D eigenvalue weighted by Crippen LogP contribution is 2.41. The van der Waals surface area contributed by atoms with Crippen molar-refractivity contribution in [2.45, 2.75) is 44.8 Å². The molecule has 0 aliphatic carbocycles. The summed E-state index contributed by atoms with van der Waals surface area (Å²) in [6.07, 6.45) is 4.12. The van der Waals surface area contributed by atoms with Gasteiger partial charge in [0.1, 0.15) is 11.7 Å². The van der Waals surface area contributed by atoms with Crippen LogP contribution in [0.1, 0.15) is 32.3 Å². The average Bonchev–Trinajstić information content (AvgIpc) is 3.01. The van der Waals surface area contributed by atoms with Crippen LogP contribution in [0.25, 0.3) is 0 Å². The summed E-state index contributed by atoms with van der Waals surface area (Å²) in [7, 11) is 0. The van der Waals surface area contributed by atoms with Crippen LogP contribution in [0.15, 0.2) is 36.5 Å². The second-order valence-electron chi connectivity index (χ2n) is 7.86. The van der Waals surface area contributed by atoms with E-state index < -0.39 is 0 Å². The molecule has 1 aromatic heterocycles. The summed E-state index contributed by atoms with van der Waals surface area (Å²) in [5.41, 5.74) is 0.870. The van der Waals surface area contributed by atoms with Gasteiger partial charge in [0.15, 0.2) is 18.1 Å². The van der Waals surface area contributed by atoms with E-state index >= 15 is 0 Å². The largest absolute Gasteiger partial charge is 0.483 e. The maximum absolute atomic E-state index is 12.7. The minimum Gasteiger partial charge on any atom is -0.483 e. The van der Waals surface area contributed by atoms with Crippen molar-refractivity contribution in [2.75, 3.05) is 19.7 Å². The topological polar surface area (TPSA) is 73.8 Å². The van der Waals surface area contributed by atoms with Gasteiger partial charge in [-0.2, -0.15) is 5.10 Å². The number of ether oxygens (including phenoxy) is 3. The predicted molar refractivity (Wildman–Crippen MR) is 103 cm³/mol. The van der Waals surface area contributed by atoms with Crippen LogP contribution >= 0.6 is 0 Å². The summed E-state index contributed by atoms with van der Waals surface area (Å²) < 4.78 is 17.7. The van der Waals surface area contributed by atoms with Crippen LogP contribution in [0, 0.1) is 0 Å². The summed E-state index contributed by atoms with van der Waals surface area (Å²) in [6.45, 7) is 5.31. The van der Waals surface area contributed by atoms with Gasteiger partial charge in [-0.15, -0.1) is 5.10 Å². The van der Waals surface area contributed by atoms with Gasteiger partial charge in [0.2, 0.25) is 5.88 Å². The van der Waals surface area contributed by atoms with Crippen molar-refractivity contribution in [3.8, 4) is 17.4 Å². The summed E-state index contributed by atoms with van der Waals surface area (Å²) in [5.74, 6) is 1.81. The maximum Gasteiger partial charge on any atom is 0.260 e. The Morgan fingerprint density at radius 3 is 3.04 bits per heavy atom. The molecule has 148 valence electrons. The molecule has 28 heavy (non-hydrogen) atoms.